The van der Waals surface area contributed by atoms with Gasteiger partial charge in [0.05, 0.1) is 0 Å². The maximum absolute atomic E-state index is 9.37. The van der Waals surface area contributed by atoms with Crippen molar-refractivity contribution in [2.24, 2.45) is 0 Å². The average molecular weight is 252 g/mol. The molecule has 3 nitrogen and oxygen atoms in total. The van der Waals surface area contributed by atoms with Crippen LogP contribution in [0.25, 0.3) is 0 Å². The molecule has 2 N–H and O–H groups in total. The molecule has 1 aromatic rings. The van der Waals surface area contributed by atoms with E-state index in [1.807, 2.05) is 19.9 Å². The van der Waals surface area contributed by atoms with Crippen LogP contribution < -0.4 is 9.89 Å². The van der Waals surface area contributed by atoms with Crippen molar-refractivity contribution in [3.05, 3.63) is 22.8 Å². The summed E-state index contributed by atoms with van der Waals surface area (Å²) in [6, 6.07) is 1.81. The Balaban J connectivity index is 3.58. The zero-order chi connectivity index (χ0) is 13.4. The summed E-state index contributed by atoms with van der Waals surface area (Å²) in [7, 11) is -0.951. The lowest BCUT2D eigenvalue weighted by molar-refractivity contribution is 0.423. The Hall–Kier alpha value is -0.778. The molecular formula is C12H21BO3Si. The van der Waals surface area contributed by atoms with E-state index in [4.69, 9.17) is 4.43 Å². The van der Waals surface area contributed by atoms with Gasteiger partial charge in [-0.25, -0.2) is 0 Å². The van der Waals surface area contributed by atoms with Crippen LogP contribution in [0.3, 0.4) is 0 Å². The van der Waals surface area contributed by atoms with Crippen molar-refractivity contribution in [3.8, 4) is 5.75 Å². The molecule has 0 aliphatic rings. The van der Waals surface area contributed by atoms with E-state index >= 15 is 0 Å². The third-order valence-corrected chi connectivity index (χ3v) is 3.38. The number of aryl methyl sites for hydroxylation is 1. The standard InChI is InChI=1S/C12H21BO3Si/c1-7-6-9(13(14)15)11(16-17)8(2)10(7)12(3,4)5/h6,14-15H,1-5,17H3. The van der Waals surface area contributed by atoms with Crippen molar-refractivity contribution in [3.63, 3.8) is 0 Å². The largest absolute Gasteiger partial charge is 0.553 e. The van der Waals surface area contributed by atoms with Gasteiger partial charge in [0.25, 0.3) is 0 Å². The quantitative estimate of drug-likeness (QED) is 0.725. The number of hydrogen-bond donors (Lipinski definition) is 2. The molecule has 1 rings (SSSR count). The lowest BCUT2D eigenvalue weighted by Gasteiger charge is -2.27. The van der Waals surface area contributed by atoms with Gasteiger partial charge in [-0.15, -0.1) is 0 Å². The zero-order valence-electron chi connectivity index (χ0n) is 11.5. The van der Waals surface area contributed by atoms with Gasteiger partial charge < -0.3 is 14.5 Å². The molecule has 0 bridgehead atoms. The minimum atomic E-state index is -1.48. The summed E-state index contributed by atoms with van der Waals surface area (Å²) in [5.74, 6) is 0.627. The number of rotatable bonds is 2. The highest BCUT2D eigenvalue weighted by molar-refractivity contribution is 6.60. The van der Waals surface area contributed by atoms with E-state index in [2.05, 4.69) is 20.8 Å². The molecule has 0 radical (unpaired) electrons. The van der Waals surface area contributed by atoms with Crippen LogP contribution in [0.2, 0.25) is 0 Å². The predicted molar refractivity (Wildman–Crippen MR) is 75.0 cm³/mol. The molecule has 94 valence electrons. The second-order valence-corrected chi connectivity index (χ2v) is 5.85. The number of benzene rings is 1. The molecule has 0 fully saturated rings. The molecular weight excluding hydrogens is 231 g/mol. The van der Waals surface area contributed by atoms with Crippen LogP contribution in [0.1, 0.15) is 37.5 Å². The third-order valence-electron chi connectivity index (χ3n) is 2.98. The van der Waals surface area contributed by atoms with Gasteiger partial charge in [-0.05, 0) is 36.0 Å². The first-order valence-corrected chi connectivity index (χ1v) is 6.56. The maximum atomic E-state index is 9.37. The maximum Gasteiger partial charge on any atom is 0.492 e. The molecule has 0 aliphatic heterocycles. The third kappa shape index (κ3) is 2.73. The molecule has 17 heavy (non-hydrogen) atoms. The molecule has 0 saturated carbocycles. The Morgan fingerprint density at radius 2 is 1.76 bits per heavy atom. The van der Waals surface area contributed by atoms with Crippen molar-refractivity contribution in [2.45, 2.75) is 40.0 Å². The Labute approximate surface area is 107 Å². The van der Waals surface area contributed by atoms with Crippen LogP contribution in [0.4, 0.5) is 0 Å². The SMILES string of the molecule is Cc1cc(B(O)O)c(O[SiH3])c(C)c1C(C)(C)C. The van der Waals surface area contributed by atoms with Crippen LogP contribution in [0.5, 0.6) is 5.75 Å². The summed E-state index contributed by atoms with van der Waals surface area (Å²) in [4.78, 5) is 0. The monoisotopic (exact) mass is 252 g/mol. The molecule has 0 aromatic heterocycles. The summed E-state index contributed by atoms with van der Waals surface area (Å²) >= 11 is 0. The minimum Gasteiger partial charge on any atom is -0.553 e. The van der Waals surface area contributed by atoms with Gasteiger partial charge in [0.2, 0.25) is 10.5 Å². The lowest BCUT2D eigenvalue weighted by atomic mass is 9.73. The smallest absolute Gasteiger partial charge is 0.492 e. The van der Waals surface area contributed by atoms with Crippen LogP contribution in [-0.4, -0.2) is 27.7 Å². The van der Waals surface area contributed by atoms with Crippen molar-refractivity contribution >= 4 is 23.1 Å². The molecule has 0 amide bonds. The van der Waals surface area contributed by atoms with Crippen LogP contribution in [0, 0.1) is 13.8 Å². The van der Waals surface area contributed by atoms with Gasteiger partial charge in [0, 0.05) is 5.46 Å². The van der Waals surface area contributed by atoms with Gasteiger partial charge in [-0.2, -0.15) is 0 Å². The van der Waals surface area contributed by atoms with E-state index < -0.39 is 7.12 Å². The summed E-state index contributed by atoms with van der Waals surface area (Å²) < 4.78 is 5.45. The van der Waals surface area contributed by atoms with Gasteiger partial charge in [-0.1, -0.05) is 26.8 Å². The Morgan fingerprint density at radius 3 is 2.12 bits per heavy atom. The zero-order valence-corrected chi connectivity index (χ0v) is 13.5. The first-order valence-electron chi connectivity index (χ1n) is 5.74. The first-order chi connectivity index (χ1) is 7.70. The molecule has 0 unspecified atom stereocenters. The van der Waals surface area contributed by atoms with Gasteiger partial charge >= 0.3 is 7.12 Å². The van der Waals surface area contributed by atoms with E-state index in [9.17, 15) is 10.0 Å². The molecule has 5 heteroatoms. The predicted octanol–water partition coefficient (Wildman–Crippen LogP) is -0.0601. The summed E-state index contributed by atoms with van der Waals surface area (Å²) in [6.45, 7) is 10.4. The first kappa shape index (κ1) is 14.3. The summed E-state index contributed by atoms with van der Waals surface area (Å²) in [5, 5.41) is 18.7. The van der Waals surface area contributed by atoms with Gasteiger partial charge in [0.15, 0.2) is 0 Å². The van der Waals surface area contributed by atoms with Crippen molar-refractivity contribution in [2.75, 3.05) is 0 Å². The van der Waals surface area contributed by atoms with Crippen LogP contribution in [0.15, 0.2) is 6.07 Å². The molecule has 0 atom stereocenters. The molecule has 0 aliphatic carbocycles. The van der Waals surface area contributed by atoms with Crippen molar-refractivity contribution < 1.29 is 14.5 Å². The van der Waals surface area contributed by atoms with Gasteiger partial charge in [-0.3, -0.25) is 0 Å². The second kappa shape index (κ2) is 4.84. The highest BCUT2D eigenvalue weighted by Gasteiger charge is 2.26. The van der Waals surface area contributed by atoms with Crippen molar-refractivity contribution in [1.82, 2.24) is 0 Å². The summed E-state index contributed by atoms with van der Waals surface area (Å²) in [5.41, 5.74) is 3.77. The van der Waals surface area contributed by atoms with Crippen LogP contribution >= 0.6 is 0 Å². The Bertz CT molecular complexity index is 425. The van der Waals surface area contributed by atoms with Crippen molar-refractivity contribution in [1.29, 1.82) is 0 Å². The average Bonchev–Trinajstić information content (AvgIpc) is 2.14. The Kier molecular flexibility index (Phi) is 4.07. The topological polar surface area (TPSA) is 49.7 Å². The van der Waals surface area contributed by atoms with E-state index in [0.29, 0.717) is 21.7 Å². The lowest BCUT2D eigenvalue weighted by Crippen LogP contribution is -2.33. The Morgan fingerprint density at radius 1 is 1.24 bits per heavy atom. The van der Waals surface area contributed by atoms with Gasteiger partial charge in [0.1, 0.15) is 5.75 Å². The summed E-state index contributed by atoms with van der Waals surface area (Å²) in [6.07, 6.45) is 0. The second-order valence-electron chi connectivity index (χ2n) is 5.44. The van der Waals surface area contributed by atoms with Crippen LogP contribution in [-0.2, 0) is 5.41 Å². The fourth-order valence-electron chi connectivity index (χ4n) is 2.61. The highest BCUT2D eigenvalue weighted by atomic mass is 28.2. The minimum absolute atomic E-state index is 0.0158. The van der Waals surface area contributed by atoms with E-state index in [1.165, 1.54) is 5.56 Å². The normalized spacial score (nSPS) is 11.7. The van der Waals surface area contributed by atoms with E-state index in [0.717, 1.165) is 11.1 Å². The number of hydrogen-bond acceptors (Lipinski definition) is 3. The highest BCUT2D eigenvalue weighted by Crippen LogP contribution is 2.32. The van der Waals surface area contributed by atoms with E-state index in [1.54, 1.807) is 0 Å². The fraction of sp³-hybridized carbons (Fsp3) is 0.500. The molecule has 0 spiro atoms. The molecule has 1 aromatic carbocycles. The van der Waals surface area contributed by atoms with E-state index in [-0.39, 0.29) is 5.41 Å². The fourth-order valence-corrected chi connectivity index (χ4v) is 3.16. The molecule has 0 heterocycles. The molecule has 0 saturated heterocycles.